The highest BCUT2D eigenvalue weighted by Gasteiger charge is 2.35. The summed E-state index contributed by atoms with van der Waals surface area (Å²) in [5, 5.41) is 6.07. The van der Waals surface area contributed by atoms with Gasteiger partial charge in [-0.2, -0.15) is 4.98 Å². The van der Waals surface area contributed by atoms with Gasteiger partial charge in [0, 0.05) is 48.6 Å². The van der Waals surface area contributed by atoms with E-state index in [4.69, 9.17) is 0 Å². The fraction of sp³-hybridized carbons (Fsp3) is 0.222. The third-order valence-electron chi connectivity index (χ3n) is 6.25. The number of aryl methyl sites for hydroxylation is 1. The van der Waals surface area contributed by atoms with E-state index >= 15 is 0 Å². The molecule has 0 unspecified atom stereocenters. The van der Waals surface area contributed by atoms with E-state index < -0.39 is 20.0 Å². The van der Waals surface area contributed by atoms with Crippen molar-refractivity contribution in [3.05, 3.63) is 95.9 Å². The van der Waals surface area contributed by atoms with Crippen molar-refractivity contribution in [1.29, 1.82) is 0 Å². The minimum absolute atomic E-state index is 0.108. The average molecular weight is 580 g/mol. The maximum atomic E-state index is 12.8. The Balaban J connectivity index is 1.23. The molecule has 1 fully saturated rings. The van der Waals surface area contributed by atoms with E-state index in [-0.39, 0.29) is 23.2 Å². The lowest BCUT2D eigenvalue weighted by molar-refractivity contribution is 0.579. The quantitative estimate of drug-likeness (QED) is 0.196. The Bertz CT molecular complexity index is 1690. The van der Waals surface area contributed by atoms with Crippen molar-refractivity contribution in [2.45, 2.75) is 43.0 Å². The number of anilines is 4. The Morgan fingerprint density at radius 2 is 1.52 bits per heavy atom. The highest BCUT2D eigenvalue weighted by Crippen LogP contribution is 2.28. The molecule has 5 rings (SSSR count). The first kappa shape index (κ1) is 27.6. The lowest BCUT2D eigenvalue weighted by Gasteiger charge is -2.13. The number of nitrogens with one attached hydrogen (secondary N) is 4. The topological polar surface area (TPSA) is 155 Å². The molecule has 0 aliphatic heterocycles. The molecule has 1 aliphatic carbocycles. The fourth-order valence-corrected chi connectivity index (χ4v) is 6.21. The van der Waals surface area contributed by atoms with Crippen LogP contribution in [0.3, 0.4) is 0 Å². The first-order valence-corrected chi connectivity index (χ1v) is 15.6. The lowest BCUT2D eigenvalue weighted by atomic mass is 10.2. The largest absolute Gasteiger partial charge is 0.340 e. The zero-order chi connectivity index (χ0) is 28.2. The predicted octanol–water partition coefficient (Wildman–Crippen LogP) is 3.73. The van der Waals surface area contributed by atoms with Crippen molar-refractivity contribution in [3.8, 4) is 0 Å². The molecule has 40 heavy (non-hydrogen) atoms. The number of hydrogen-bond acceptors (Lipinski definition) is 9. The highest BCUT2D eigenvalue weighted by molar-refractivity contribution is 7.90. The molecule has 2 aromatic carbocycles. The van der Waals surface area contributed by atoms with Gasteiger partial charge in [0.2, 0.25) is 26.0 Å². The van der Waals surface area contributed by atoms with Crippen LogP contribution in [0.2, 0.25) is 0 Å². The van der Waals surface area contributed by atoms with E-state index in [2.05, 4.69) is 35.0 Å². The molecule has 1 saturated carbocycles. The third kappa shape index (κ3) is 7.18. The Kier molecular flexibility index (Phi) is 8.07. The molecule has 0 saturated heterocycles. The van der Waals surface area contributed by atoms with Gasteiger partial charge in [-0.15, -0.1) is 0 Å². The molecule has 11 nitrogen and oxygen atoms in total. The van der Waals surface area contributed by atoms with Crippen molar-refractivity contribution in [2.75, 3.05) is 10.6 Å². The summed E-state index contributed by atoms with van der Waals surface area (Å²) in [6.07, 6.45) is 6.33. The van der Waals surface area contributed by atoms with E-state index in [1.807, 2.05) is 31.2 Å². The molecular formula is C27H29N7O4S2. The SMILES string of the molecule is Cc1cnc(Nc2cccc(S(=O)(=O)NCc3ccncc3)c2)nc1Nc1ccc(CNS(=O)(=O)C2CC2)cc1. The molecule has 13 heteroatoms. The first-order valence-electron chi connectivity index (χ1n) is 12.6. The monoisotopic (exact) mass is 579 g/mol. The maximum absolute atomic E-state index is 12.8. The number of aromatic nitrogens is 3. The number of rotatable bonds is 12. The second kappa shape index (κ2) is 11.7. The lowest BCUT2D eigenvalue weighted by Crippen LogP contribution is -2.26. The van der Waals surface area contributed by atoms with Crippen LogP contribution < -0.4 is 20.1 Å². The van der Waals surface area contributed by atoms with E-state index in [1.165, 1.54) is 12.1 Å². The zero-order valence-corrected chi connectivity index (χ0v) is 23.3. The van der Waals surface area contributed by atoms with Crippen LogP contribution in [0.15, 0.2) is 84.1 Å². The van der Waals surface area contributed by atoms with Crippen LogP contribution in [0, 0.1) is 6.92 Å². The van der Waals surface area contributed by atoms with Crippen LogP contribution in [0.4, 0.5) is 23.1 Å². The normalized spacial score (nSPS) is 13.6. The van der Waals surface area contributed by atoms with E-state index in [9.17, 15) is 16.8 Å². The molecule has 0 spiro atoms. The van der Waals surface area contributed by atoms with Crippen molar-refractivity contribution in [3.63, 3.8) is 0 Å². The van der Waals surface area contributed by atoms with Gasteiger partial charge in [-0.3, -0.25) is 4.98 Å². The molecule has 2 aromatic heterocycles. The van der Waals surface area contributed by atoms with Gasteiger partial charge in [0.05, 0.1) is 10.1 Å². The summed E-state index contributed by atoms with van der Waals surface area (Å²) in [6.45, 7) is 2.26. The van der Waals surface area contributed by atoms with Crippen molar-refractivity contribution in [1.82, 2.24) is 24.4 Å². The summed E-state index contributed by atoms with van der Waals surface area (Å²) >= 11 is 0. The van der Waals surface area contributed by atoms with Gasteiger partial charge in [-0.05, 0) is 73.4 Å². The summed E-state index contributed by atoms with van der Waals surface area (Å²) in [6, 6.07) is 17.3. The molecule has 0 amide bonds. The van der Waals surface area contributed by atoms with Gasteiger partial charge in [0.15, 0.2) is 0 Å². The van der Waals surface area contributed by atoms with Gasteiger partial charge in [-0.1, -0.05) is 18.2 Å². The molecule has 4 aromatic rings. The second-order valence-corrected chi connectivity index (χ2v) is 13.3. The molecule has 0 bridgehead atoms. The zero-order valence-electron chi connectivity index (χ0n) is 21.7. The van der Waals surface area contributed by atoms with Crippen molar-refractivity contribution in [2.24, 2.45) is 0 Å². The predicted molar refractivity (Wildman–Crippen MR) is 153 cm³/mol. The van der Waals surface area contributed by atoms with Crippen LogP contribution in [-0.2, 0) is 33.1 Å². The molecule has 208 valence electrons. The average Bonchev–Trinajstić information content (AvgIpc) is 3.81. The van der Waals surface area contributed by atoms with E-state index in [0.717, 1.165) is 35.2 Å². The van der Waals surface area contributed by atoms with Crippen LogP contribution in [0.5, 0.6) is 0 Å². The Labute approximate surface area is 233 Å². The second-order valence-electron chi connectivity index (χ2n) is 9.45. The summed E-state index contributed by atoms with van der Waals surface area (Å²) in [5.74, 6) is 0.862. The standard InChI is InChI=1S/C27H29N7O4S2/c1-19-16-29-27(33-23-3-2-4-25(15-23)40(37,38)31-18-21-11-13-28-14-12-21)34-26(19)32-22-7-5-20(6-8-22)17-30-39(35,36)24-9-10-24/h2-8,11-16,24,30-31H,9-10,17-18H2,1H3,(H2,29,32,33,34). The summed E-state index contributed by atoms with van der Waals surface area (Å²) in [7, 11) is -6.98. The summed E-state index contributed by atoms with van der Waals surface area (Å²) < 4.78 is 55.0. The van der Waals surface area contributed by atoms with E-state index in [0.29, 0.717) is 17.5 Å². The first-order chi connectivity index (χ1) is 19.2. The van der Waals surface area contributed by atoms with Crippen LogP contribution in [0.1, 0.15) is 29.5 Å². The van der Waals surface area contributed by atoms with Crippen molar-refractivity contribution >= 4 is 43.2 Å². The number of pyridine rings is 1. The van der Waals surface area contributed by atoms with Crippen LogP contribution in [-0.4, -0.2) is 37.0 Å². The van der Waals surface area contributed by atoms with Crippen LogP contribution in [0.25, 0.3) is 0 Å². The number of benzene rings is 2. The molecular weight excluding hydrogens is 550 g/mol. The smallest absolute Gasteiger partial charge is 0.240 e. The van der Waals surface area contributed by atoms with Gasteiger partial charge >= 0.3 is 0 Å². The van der Waals surface area contributed by atoms with Gasteiger partial charge in [0.1, 0.15) is 5.82 Å². The summed E-state index contributed by atoms with van der Waals surface area (Å²) in [5.41, 5.74) is 3.74. The fourth-order valence-electron chi connectivity index (χ4n) is 3.78. The van der Waals surface area contributed by atoms with Crippen LogP contribution >= 0.6 is 0 Å². The molecule has 0 atom stereocenters. The van der Waals surface area contributed by atoms with Crippen molar-refractivity contribution < 1.29 is 16.8 Å². The molecule has 1 aliphatic rings. The maximum Gasteiger partial charge on any atom is 0.240 e. The molecule has 4 N–H and O–H groups in total. The van der Waals surface area contributed by atoms with E-state index in [1.54, 1.807) is 42.9 Å². The van der Waals surface area contributed by atoms with Gasteiger partial charge in [-0.25, -0.2) is 31.3 Å². The minimum Gasteiger partial charge on any atom is -0.340 e. The third-order valence-corrected chi connectivity index (χ3v) is 9.54. The Morgan fingerprint density at radius 3 is 2.25 bits per heavy atom. The Morgan fingerprint density at radius 1 is 0.825 bits per heavy atom. The van der Waals surface area contributed by atoms with Gasteiger partial charge in [0.25, 0.3) is 0 Å². The number of sulfonamides is 2. The summed E-state index contributed by atoms with van der Waals surface area (Å²) in [4.78, 5) is 12.9. The van der Waals surface area contributed by atoms with Gasteiger partial charge < -0.3 is 10.6 Å². The highest BCUT2D eigenvalue weighted by atomic mass is 32.2. The minimum atomic E-state index is -3.75. The number of nitrogens with zero attached hydrogens (tertiary/aromatic N) is 3. The Hall–Kier alpha value is -3.91. The molecule has 0 radical (unpaired) electrons. The number of hydrogen-bond donors (Lipinski definition) is 4. The molecule has 2 heterocycles.